The number of aliphatic carboxylic acids is 1. The predicted molar refractivity (Wildman–Crippen MR) is 100 cm³/mol. The van der Waals surface area contributed by atoms with E-state index in [1.807, 2.05) is 49.9 Å². The van der Waals surface area contributed by atoms with Crippen LogP contribution in [0.5, 0.6) is 0 Å². The van der Waals surface area contributed by atoms with Gasteiger partial charge in [0, 0.05) is 24.2 Å². The van der Waals surface area contributed by atoms with Crippen molar-refractivity contribution < 1.29 is 19.4 Å². The average molecular weight is 371 g/mol. The van der Waals surface area contributed by atoms with Crippen LogP contribution < -0.4 is 0 Å². The Morgan fingerprint density at radius 2 is 1.96 bits per heavy atom. The monoisotopic (exact) mass is 371 g/mol. The van der Waals surface area contributed by atoms with E-state index < -0.39 is 5.97 Å². The Balaban J connectivity index is 1.80. The number of nitrogens with zero attached hydrogens (tertiary/aromatic N) is 3. The van der Waals surface area contributed by atoms with Crippen LogP contribution in [0.25, 0.3) is 5.69 Å². The highest BCUT2D eigenvalue weighted by atomic mass is 16.5. The van der Waals surface area contributed by atoms with Crippen LogP contribution in [0, 0.1) is 13.8 Å². The van der Waals surface area contributed by atoms with Crippen LogP contribution >= 0.6 is 0 Å². The number of ether oxygens (including phenoxy) is 1. The molecule has 1 aromatic heterocycles. The van der Waals surface area contributed by atoms with Crippen molar-refractivity contribution in [2.24, 2.45) is 0 Å². The first kappa shape index (κ1) is 19.1. The van der Waals surface area contributed by atoms with Crippen LogP contribution in [-0.2, 0) is 16.0 Å². The van der Waals surface area contributed by atoms with Gasteiger partial charge in [-0.1, -0.05) is 0 Å². The Labute approximate surface area is 158 Å². The standard InChI is InChI=1S/C20H25N3O4/c1-13-12-27-11-10-22(13)20(26)16-4-6-17(7-5-16)23-15(3)18(14(2)21-23)8-9-19(24)25/h4-7,13H,8-12H2,1-3H3,(H,24,25). The molecule has 27 heavy (non-hydrogen) atoms. The number of rotatable bonds is 5. The molecule has 1 aromatic carbocycles. The number of carbonyl (C=O) groups is 2. The maximum atomic E-state index is 12.7. The molecule has 0 bridgehead atoms. The molecule has 0 aliphatic carbocycles. The summed E-state index contributed by atoms with van der Waals surface area (Å²) in [5.41, 5.74) is 4.20. The van der Waals surface area contributed by atoms with E-state index in [0.717, 1.165) is 22.6 Å². The lowest BCUT2D eigenvalue weighted by molar-refractivity contribution is -0.136. The Hall–Kier alpha value is -2.67. The molecular formula is C20H25N3O4. The Morgan fingerprint density at radius 1 is 1.26 bits per heavy atom. The summed E-state index contributed by atoms with van der Waals surface area (Å²) >= 11 is 0. The van der Waals surface area contributed by atoms with Crippen molar-refractivity contribution in [3.8, 4) is 5.69 Å². The minimum Gasteiger partial charge on any atom is -0.481 e. The summed E-state index contributed by atoms with van der Waals surface area (Å²) in [5, 5.41) is 13.5. The maximum absolute atomic E-state index is 12.7. The number of carboxylic acid groups (broad SMARTS) is 1. The molecule has 7 heteroatoms. The third kappa shape index (κ3) is 4.03. The molecule has 1 unspecified atom stereocenters. The van der Waals surface area contributed by atoms with Crippen LogP contribution in [0.15, 0.2) is 24.3 Å². The van der Waals surface area contributed by atoms with E-state index in [1.165, 1.54) is 0 Å². The van der Waals surface area contributed by atoms with E-state index in [0.29, 0.717) is 31.7 Å². The third-order valence-corrected chi connectivity index (χ3v) is 5.02. The molecule has 1 atom stereocenters. The van der Waals surface area contributed by atoms with Crippen LogP contribution in [0.3, 0.4) is 0 Å². The molecule has 7 nitrogen and oxygen atoms in total. The molecule has 1 amide bonds. The molecule has 1 fully saturated rings. The van der Waals surface area contributed by atoms with Crippen molar-refractivity contribution in [1.29, 1.82) is 0 Å². The molecule has 1 aliphatic rings. The fraction of sp³-hybridized carbons (Fsp3) is 0.450. The minimum absolute atomic E-state index is 0.00728. The van der Waals surface area contributed by atoms with Crippen molar-refractivity contribution in [2.45, 2.75) is 39.7 Å². The molecule has 1 aliphatic heterocycles. The Kier molecular flexibility index (Phi) is 5.60. The molecular weight excluding hydrogens is 346 g/mol. The number of carboxylic acids is 1. The Morgan fingerprint density at radius 3 is 2.59 bits per heavy atom. The number of aromatic nitrogens is 2. The lowest BCUT2D eigenvalue weighted by atomic mass is 10.1. The highest BCUT2D eigenvalue weighted by Crippen LogP contribution is 2.21. The van der Waals surface area contributed by atoms with Crippen LogP contribution in [0.1, 0.15) is 40.7 Å². The fourth-order valence-electron chi connectivity index (χ4n) is 3.46. The van der Waals surface area contributed by atoms with E-state index in [1.54, 1.807) is 4.68 Å². The molecule has 3 rings (SSSR count). The van der Waals surface area contributed by atoms with Gasteiger partial charge in [-0.2, -0.15) is 5.10 Å². The number of hydrogen-bond acceptors (Lipinski definition) is 4. The van der Waals surface area contributed by atoms with Gasteiger partial charge in [-0.3, -0.25) is 9.59 Å². The summed E-state index contributed by atoms with van der Waals surface area (Å²) in [6.07, 6.45) is 0.539. The molecule has 1 saturated heterocycles. The largest absolute Gasteiger partial charge is 0.481 e. The first-order chi connectivity index (χ1) is 12.9. The summed E-state index contributed by atoms with van der Waals surface area (Å²) in [6.45, 7) is 7.55. The zero-order valence-electron chi connectivity index (χ0n) is 15.9. The summed E-state index contributed by atoms with van der Waals surface area (Å²) < 4.78 is 7.20. The van der Waals surface area contributed by atoms with Gasteiger partial charge in [0.05, 0.1) is 30.6 Å². The van der Waals surface area contributed by atoms with Crippen molar-refractivity contribution in [1.82, 2.24) is 14.7 Å². The van der Waals surface area contributed by atoms with Gasteiger partial charge in [0.15, 0.2) is 0 Å². The SMILES string of the molecule is Cc1nn(-c2ccc(C(=O)N3CCOCC3C)cc2)c(C)c1CCC(=O)O. The van der Waals surface area contributed by atoms with Crippen LogP contribution in [0.2, 0.25) is 0 Å². The van der Waals surface area contributed by atoms with Gasteiger partial charge in [0.25, 0.3) is 5.91 Å². The quantitative estimate of drug-likeness (QED) is 0.872. The summed E-state index contributed by atoms with van der Waals surface area (Å²) in [4.78, 5) is 25.4. The van der Waals surface area contributed by atoms with E-state index in [4.69, 9.17) is 9.84 Å². The zero-order valence-corrected chi connectivity index (χ0v) is 15.9. The number of carbonyl (C=O) groups excluding carboxylic acids is 1. The van der Waals surface area contributed by atoms with E-state index >= 15 is 0 Å². The second-order valence-electron chi connectivity index (χ2n) is 6.92. The summed E-state index contributed by atoms with van der Waals surface area (Å²) in [6, 6.07) is 7.44. The van der Waals surface area contributed by atoms with Gasteiger partial charge < -0.3 is 14.7 Å². The first-order valence-corrected chi connectivity index (χ1v) is 9.14. The fourth-order valence-corrected chi connectivity index (χ4v) is 3.46. The van der Waals surface area contributed by atoms with Crippen molar-refractivity contribution in [3.05, 3.63) is 46.8 Å². The van der Waals surface area contributed by atoms with Gasteiger partial charge in [0.2, 0.25) is 0 Å². The smallest absolute Gasteiger partial charge is 0.303 e. The normalized spacial score (nSPS) is 17.1. The lowest BCUT2D eigenvalue weighted by Gasteiger charge is -2.33. The number of aryl methyl sites for hydroxylation is 1. The third-order valence-electron chi connectivity index (χ3n) is 5.02. The average Bonchev–Trinajstić information content (AvgIpc) is 2.94. The molecule has 1 N–H and O–H groups in total. The minimum atomic E-state index is -0.818. The van der Waals surface area contributed by atoms with Crippen molar-refractivity contribution >= 4 is 11.9 Å². The van der Waals surface area contributed by atoms with Crippen molar-refractivity contribution in [3.63, 3.8) is 0 Å². The van der Waals surface area contributed by atoms with Gasteiger partial charge >= 0.3 is 5.97 Å². The lowest BCUT2D eigenvalue weighted by Crippen LogP contribution is -2.47. The molecule has 2 heterocycles. The van der Waals surface area contributed by atoms with Crippen LogP contribution in [-0.4, -0.2) is 57.5 Å². The first-order valence-electron chi connectivity index (χ1n) is 9.14. The molecule has 144 valence electrons. The summed E-state index contributed by atoms with van der Waals surface area (Å²) in [5.74, 6) is -0.811. The van der Waals surface area contributed by atoms with Gasteiger partial charge in [-0.15, -0.1) is 0 Å². The number of benzene rings is 1. The second-order valence-corrected chi connectivity index (χ2v) is 6.92. The number of hydrogen-bond donors (Lipinski definition) is 1. The van der Waals surface area contributed by atoms with Crippen molar-refractivity contribution in [2.75, 3.05) is 19.8 Å². The highest BCUT2D eigenvalue weighted by molar-refractivity contribution is 5.94. The van der Waals surface area contributed by atoms with Gasteiger partial charge in [-0.25, -0.2) is 4.68 Å². The van der Waals surface area contributed by atoms with E-state index in [-0.39, 0.29) is 18.4 Å². The van der Waals surface area contributed by atoms with E-state index in [9.17, 15) is 9.59 Å². The van der Waals surface area contributed by atoms with Gasteiger partial charge in [0.1, 0.15) is 0 Å². The van der Waals surface area contributed by atoms with E-state index in [2.05, 4.69) is 5.10 Å². The Bertz CT molecular complexity index is 842. The molecule has 2 aromatic rings. The molecule has 0 radical (unpaired) electrons. The number of amides is 1. The van der Waals surface area contributed by atoms with Crippen LogP contribution in [0.4, 0.5) is 0 Å². The molecule has 0 saturated carbocycles. The number of morpholine rings is 1. The van der Waals surface area contributed by atoms with Gasteiger partial charge in [-0.05, 0) is 57.0 Å². The maximum Gasteiger partial charge on any atom is 0.303 e. The topological polar surface area (TPSA) is 84.7 Å². The second kappa shape index (κ2) is 7.92. The highest BCUT2D eigenvalue weighted by Gasteiger charge is 2.24. The molecule has 0 spiro atoms. The summed E-state index contributed by atoms with van der Waals surface area (Å²) in [7, 11) is 0. The zero-order chi connectivity index (χ0) is 19.6. The predicted octanol–water partition coefficient (Wildman–Crippen LogP) is 2.37.